The Balaban J connectivity index is 1.78. The normalized spacial score (nSPS) is 23.0. The van der Waals surface area contributed by atoms with Crippen LogP contribution in [0.5, 0.6) is 0 Å². The molecule has 1 aromatic rings. The van der Waals surface area contributed by atoms with E-state index in [1.54, 1.807) is 16.4 Å². The van der Waals surface area contributed by atoms with Gasteiger partial charge < -0.3 is 11.5 Å². The van der Waals surface area contributed by atoms with Gasteiger partial charge in [-0.05, 0) is 63.1 Å². The predicted molar refractivity (Wildman–Crippen MR) is 115 cm³/mol. The monoisotopic (exact) mass is 418 g/mol. The molecule has 0 amide bonds. The fourth-order valence-corrected chi connectivity index (χ4v) is 6.25. The quantitative estimate of drug-likeness (QED) is 0.781. The van der Waals surface area contributed by atoms with E-state index < -0.39 is 15.7 Å². The fraction of sp³-hybridized carbons (Fsp3) is 0.600. The molecular formula is C20H30N6O2S. The van der Waals surface area contributed by atoms with Gasteiger partial charge in [0.05, 0.1) is 10.6 Å². The summed E-state index contributed by atoms with van der Waals surface area (Å²) in [4.78, 5) is 11.1. The summed E-state index contributed by atoms with van der Waals surface area (Å²) in [5.74, 6) is 0.463. The van der Waals surface area contributed by atoms with Crippen molar-refractivity contribution in [3.63, 3.8) is 0 Å². The zero-order valence-corrected chi connectivity index (χ0v) is 17.8. The molecule has 3 aliphatic rings. The summed E-state index contributed by atoms with van der Waals surface area (Å²) in [6.07, 6.45) is 7.69. The van der Waals surface area contributed by atoms with Crippen molar-refractivity contribution in [1.82, 2.24) is 4.31 Å². The van der Waals surface area contributed by atoms with Gasteiger partial charge in [-0.1, -0.05) is 18.9 Å². The molecule has 1 spiro atoms. The molecule has 2 aliphatic heterocycles. The van der Waals surface area contributed by atoms with Crippen LogP contribution in [0.2, 0.25) is 0 Å². The summed E-state index contributed by atoms with van der Waals surface area (Å²) >= 11 is 0. The van der Waals surface area contributed by atoms with Crippen LogP contribution in [0.15, 0.2) is 33.1 Å². The Morgan fingerprint density at radius 1 is 1.00 bits per heavy atom. The van der Waals surface area contributed by atoms with E-state index in [-0.39, 0.29) is 11.9 Å². The average Bonchev–Trinajstić information content (AvgIpc) is 2.70. The van der Waals surface area contributed by atoms with Crippen LogP contribution in [-0.4, -0.2) is 43.4 Å². The molecular weight excluding hydrogens is 388 g/mol. The summed E-state index contributed by atoms with van der Waals surface area (Å²) in [5, 5.41) is 0. The van der Waals surface area contributed by atoms with E-state index in [0.29, 0.717) is 18.0 Å². The number of aliphatic imine (C=N–C) groups is 2. The molecule has 2 heterocycles. The van der Waals surface area contributed by atoms with Gasteiger partial charge in [-0.25, -0.2) is 13.4 Å². The van der Waals surface area contributed by atoms with Gasteiger partial charge in [0, 0.05) is 13.1 Å². The minimum absolute atomic E-state index is 0.190. The van der Waals surface area contributed by atoms with Gasteiger partial charge in [0.1, 0.15) is 5.66 Å². The number of guanidine groups is 2. The minimum Gasteiger partial charge on any atom is -0.369 e. The first kappa shape index (κ1) is 20.2. The Kier molecular flexibility index (Phi) is 5.29. The molecule has 9 heteroatoms. The second-order valence-corrected chi connectivity index (χ2v) is 10.2. The van der Waals surface area contributed by atoms with Gasteiger partial charge in [0.25, 0.3) is 0 Å². The van der Waals surface area contributed by atoms with Crippen molar-refractivity contribution in [1.29, 1.82) is 0 Å². The second-order valence-electron chi connectivity index (χ2n) is 8.23. The van der Waals surface area contributed by atoms with E-state index >= 15 is 0 Å². The smallest absolute Gasteiger partial charge is 0.243 e. The molecule has 4 rings (SSSR count). The van der Waals surface area contributed by atoms with E-state index in [1.165, 1.54) is 0 Å². The van der Waals surface area contributed by atoms with E-state index in [9.17, 15) is 8.42 Å². The van der Waals surface area contributed by atoms with E-state index in [0.717, 1.165) is 62.6 Å². The molecule has 0 unspecified atom stereocenters. The van der Waals surface area contributed by atoms with Gasteiger partial charge in [-0.3, -0.25) is 4.90 Å². The third kappa shape index (κ3) is 3.61. The number of hydrogen-bond donors (Lipinski definition) is 2. The lowest BCUT2D eigenvalue weighted by atomic mass is 9.87. The number of aryl methyl sites for hydroxylation is 1. The average molecular weight is 419 g/mol. The molecule has 1 saturated carbocycles. The van der Waals surface area contributed by atoms with Crippen LogP contribution in [0.3, 0.4) is 0 Å². The van der Waals surface area contributed by atoms with Crippen LogP contribution in [0.25, 0.3) is 0 Å². The molecule has 1 aromatic carbocycles. The van der Waals surface area contributed by atoms with Gasteiger partial charge in [-0.2, -0.15) is 9.30 Å². The maximum atomic E-state index is 13.2. The Labute approximate surface area is 172 Å². The largest absolute Gasteiger partial charge is 0.369 e. The summed E-state index contributed by atoms with van der Waals surface area (Å²) in [6.45, 7) is 3.10. The number of rotatable bonds is 3. The molecule has 0 aromatic heterocycles. The highest BCUT2D eigenvalue weighted by atomic mass is 32.2. The molecule has 1 aliphatic carbocycles. The van der Waals surface area contributed by atoms with Crippen molar-refractivity contribution in [3.05, 3.63) is 23.8 Å². The van der Waals surface area contributed by atoms with Crippen LogP contribution in [-0.2, 0) is 10.0 Å². The SMILES string of the molecule is Cc1ccc(S(=O)(=O)N2CCCCC2)cc1N1C(N)=NC(N)=NC12CCCCC2. The van der Waals surface area contributed by atoms with Crippen molar-refractivity contribution in [2.75, 3.05) is 18.0 Å². The number of piperidine rings is 1. The molecule has 0 bridgehead atoms. The topological polar surface area (TPSA) is 117 Å². The second kappa shape index (κ2) is 7.60. The highest BCUT2D eigenvalue weighted by Gasteiger charge is 2.43. The van der Waals surface area contributed by atoms with Crippen molar-refractivity contribution >= 4 is 27.6 Å². The first-order valence-electron chi connectivity index (χ1n) is 10.4. The number of hydrogen-bond acceptors (Lipinski definition) is 7. The molecule has 1 saturated heterocycles. The van der Waals surface area contributed by atoms with Crippen LogP contribution >= 0.6 is 0 Å². The minimum atomic E-state index is -3.55. The lowest BCUT2D eigenvalue weighted by Crippen LogP contribution is -2.58. The Hall–Kier alpha value is -2.13. The Morgan fingerprint density at radius 2 is 1.66 bits per heavy atom. The lowest BCUT2D eigenvalue weighted by Gasteiger charge is -2.46. The van der Waals surface area contributed by atoms with Crippen molar-refractivity contribution in [3.8, 4) is 0 Å². The van der Waals surface area contributed by atoms with Crippen LogP contribution in [0.4, 0.5) is 5.69 Å². The fourth-order valence-electron chi connectivity index (χ4n) is 4.71. The molecule has 158 valence electrons. The van der Waals surface area contributed by atoms with Crippen molar-refractivity contribution in [2.45, 2.75) is 68.8 Å². The number of anilines is 1. The molecule has 29 heavy (non-hydrogen) atoms. The molecule has 0 atom stereocenters. The zero-order chi connectivity index (χ0) is 20.6. The highest BCUT2D eigenvalue weighted by Crippen LogP contribution is 2.41. The maximum Gasteiger partial charge on any atom is 0.243 e. The van der Waals surface area contributed by atoms with E-state index in [1.807, 2.05) is 17.9 Å². The first-order chi connectivity index (χ1) is 13.8. The first-order valence-corrected chi connectivity index (χ1v) is 11.9. The maximum absolute atomic E-state index is 13.2. The van der Waals surface area contributed by atoms with Gasteiger partial charge in [-0.15, -0.1) is 0 Å². The highest BCUT2D eigenvalue weighted by molar-refractivity contribution is 7.89. The number of benzene rings is 1. The van der Waals surface area contributed by atoms with E-state index in [4.69, 9.17) is 16.5 Å². The van der Waals surface area contributed by atoms with Gasteiger partial charge >= 0.3 is 0 Å². The van der Waals surface area contributed by atoms with Gasteiger partial charge in [0.2, 0.25) is 21.9 Å². The standard InChI is InChI=1S/C20H30N6O2S/c1-15-8-9-16(29(27,28)25-12-6-3-7-13-25)14-17(15)26-19(22)23-18(21)24-20(26)10-4-2-5-11-20/h8-9,14H,2-7,10-13H2,1H3,(H4,21,22,23,24). The Bertz CT molecular complexity index is 944. The van der Waals surface area contributed by atoms with Gasteiger partial charge in [0.15, 0.2) is 0 Å². The summed E-state index contributed by atoms with van der Waals surface area (Å²) in [5.41, 5.74) is 13.4. The summed E-state index contributed by atoms with van der Waals surface area (Å²) in [7, 11) is -3.55. The van der Waals surface area contributed by atoms with E-state index in [2.05, 4.69) is 4.99 Å². The number of nitrogens with zero attached hydrogens (tertiary/aromatic N) is 4. The summed E-state index contributed by atoms with van der Waals surface area (Å²) < 4.78 is 28.1. The van der Waals surface area contributed by atoms with Crippen LogP contribution in [0.1, 0.15) is 56.9 Å². The molecule has 2 fully saturated rings. The number of nitrogens with two attached hydrogens (primary N) is 2. The number of sulfonamides is 1. The Morgan fingerprint density at radius 3 is 2.34 bits per heavy atom. The zero-order valence-electron chi connectivity index (χ0n) is 17.0. The molecule has 8 nitrogen and oxygen atoms in total. The third-order valence-corrected chi connectivity index (χ3v) is 8.12. The van der Waals surface area contributed by atoms with Crippen molar-refractivity contribution < 1.29 is 8.42 Å². The lowest BCUT2D eigenvalue weighted by molar-refractivity contribution is 0.305. The third-order valence-electron chi connectivity index (χ3n) is 6.23. The summed E-state index contributed by atoms with van der Waals surface area (Å²) in [6, 6.07) is 5.26. The molecule has 4 N–H and O–H groups in total. The van der Waals surface area contributed by atoms with Crippen LogP contribution in [0, 0.1) is 6.92 Å². The van der Waals surface area contributed by atoms with Crippen molar-refractivity contribution in [2.24, 2.45) is 21.5 Å². The van der Waals surface area contributed by atoms with Crippen LogP contribution < -0.4 is 16.4 Å². The predicted octanol–water partition coefficient (Wildman–Crippen LogP) is 2.28. The molecule has 0 radical (unpaired) electrons.